The van der Waals surface area contributed by atoms with Crippen molar-refractivity contribution in [1.29, 1.82) is 0 Å². The largest absolute Gasteiger partial charge is 0.506 e. The van der Waals surface area contributed by atoms with Gasteiger partial charge in [-0.05, 0) is 23.8 Å². The predicted octanol–water partition coefficient (Wildman–Crippen LogP) is 2.40. The van der Waals surface area contributed by atoms with E-state index in [-0.39, 0.29) is 5.75 Å². The highest BCUT2D eigenvalue weighted by molar-refractivity contribution is 5.55. The van der Waals surface area contributed by atoms with Gasteiger partial charge in [0, 0.05) is 18.9 Å². The molecule has 0 aliphatic heterocycles. The van der Waals surface area contributed by atoms with Crippen molar-refractivity contribution < 1.29 is 5.11 Å². The number of hydrogen-bond acceptors (Lipinski definition) is 3. The number of benzene rings is 1. The number of phenols is 1. The summed E-state index contributed by atoms with van der Waals surface area (Å²) in [6, 6.07) is 11.1. The van der Waals surface area contributed by atoms with Crippen LogP contribution in [0.25, 0.3) is 0 Å². The van der Waals surface area contributed by atoms with Gasteiger partial charge in [0.15, 0.2) is 0 Å². The second kappa shape index (κ2) is 4.46. The number of anilines is 1. The Kier molecular flexibility index (Phi) is 2.83. The Morgan fingerprint density at radius 1 is 1.13 bits per heavy atom. The summed E-state index contributed by atoms with van der Waals surface area (Å²) in [4.78, 5) is 4.02. The summed E-state index contributed by atoms with van der Waals surface area (Å²) >= 11 is 0. The molecule has 1 heterocycles. The van der Waals surface area contributed by atoms with Gasteiger partial charge in [-0.15, -0.1) is 0 Å². The van der Waals surface area contributed by atoms with E-state index in [1.165, 1.54) is 0 Å². The van der Waals surface area contributed by atoms with Crippen LogP contribution in [0.4, 0.5) is 5.69 Å². The Labute approximate surface area is 88.4 Å². The molecule has 0 saturated heterocycles. The Morgan fingerprint density at radius 2 is 2.00 bits per heavy atom. The summed E-state index contributed by atoms with van der Waals surface area (Å²) in [5.41, 5.74) is 1.82. The maximum Gasteiger partial charge on any atom is 0.138 e. The first kappa shape index (κ1) is 9.52. The van der Waals surface area contributed by atoms with Crippen LogP contribution in [0.15, 0.2) is 48.8 Å². The normalized spacial score (nSPS) is 9.87. The van der Waals surface area contributed by atoms with Gasteiger partial charge in [0.25, 0.3) is 0 Å². The van der Waals surface area contributed by atoms with E-state index < -0.39 is 0 Å². The monoisotopic (exact) mass is 200 g/mol. The second-order valence-corrected chi connectivity index (χ2v) is 3.23. The highest BCUT2D eigenvalue weighted by atomic mass is 16.3. The van der Waals surface area contributed by atoms with Gasteiger partial charge in [-0.25, -0.2) is 0 Å². The van der Waals surface area contributed by atoms with Gasteiger partial charge < -0.3 is 10.4 Å². The molecule has 1 aromatic carbocycles. The number of nitrogens with one attached hydrogen (secondary N) is 1. The maximum atomic E-state index is 9.51. The number of aromatic nitrogens is 1. The lowest BCUT2D eigenvalue weighted by atomic mass is 10.2. The Bertz CT molecular complexity index is 429. The first-order valence-electron chi connectivity index (χ1n) is 4.77. The van der Waals surface area contributed by atoms with Gasteiger partial charge >= 0.3 is 0 Å². The number of nitrogens with zero attached hydrogens (tertiary/aromatic N) is 1. The molecule has 3 heteroatoms. The molecule has 0 fully saturated rings. The summed E-state index contributed by atoms with van der Waals surface area (Å²) < 4.78 is 0. The third-order valence-corrected chi connectivity index (χ3v) is 2.11. The lowest BCUT2D eigenvalue weighted by Gasteiger charge is -2.07. The highest BCUT2D eigenvalue weighted by Gasteiger charge is 1.98. The van der Waals surface area contributed by atoms with Crippen molar-refractivity contribution in [3.8, 4) is 5.75 Å². The minimum Gasteiger partial charge on any atom is -0.506 e. The number of hydrogen-bond donors (Lipinski definition) is 2. The van der Waals surface area contributed by atoms with Crippen molar-refractivity contribution in [2.75, 3.05) is 5.32 Å². The number of phenolic OH excluding ortho intramolecular Hbond substituents is 1. The smallest absolute Gasteiger partial charge is 0.138 e. The van der Waals surface area contributed by atoms with Gasteiger partial charge in [-0.1, -0.05) is 18.2 Å². The maximum absolute atomic E-state index is 9.51. The zero-order chi connectivity index (χ0) is 10.5. The minimum atomic E-state index is 0.265. The molecule has 0 atom stereocenters. The van der Waals surface area contributed by atoms with Crippen molar-refractivity contribution in [2.45, 2.75) is 6.54 Å². The summed E-state index contributed by atoms with van der Waals surface area (Å²) in [6.45, 7) is 0.658. The molecule has 0 radical (unpaired) electrons. The van der Waals surface area contributed by atoms with Crippen LogP contribution in [0.5, 0.6) is 5.75 Å². The van der Waals surface area contributed by atoms with E-state index in [0.29, 0.717) is 6.54 Å². The molecule has 76 valence electrons. The predicted molar refractivity (Wildman–Crippen MR) is 59.7 cm³/mol. The third kappa shape index (κ3) is 2.47. The molecular weight excluding hydrogens is 188 g/mol. The van der Waals surface area contributed by atoms with Crippen LogP contribution in [-0.4, -0.2) is 10.1 Å². The fourth-order valence-electron chi connectivity index (χ4n) is 1.32. The number of aromatic hydroxyl groups is 1. The van der Waals surface area contributed by atoms with Crippen LogP contribution < -0.4 is 5.32 Å². The van der Waals surface area contributed by atoms with Gasteiger partial charge in [0.1, 0.15) is 5.75 Å². The molecule has 0 amide bonds. The fourth-order valence-corrected chi connectivity index (χ4v) is 1.32. The molecule has 0 unspecified atom stereocenters. The van der Waals surface area contributed by atoms with Gasteiger partial charge in [-0.3, -0.25) is 4.98 Å². The lowest BCUT2D eigenvalue weighted by Crippen LogP contribution is -1.99. The SMILES string of the molecule is Oc1ccccc1NCc1cccnc1. The van der Waals surface area contributed by atoms with Crippen molar-refractivity contribution in [3.63, 3.8) is 0 Å². The highest BCUT2D eigenvalue weighted by Crippen LogP contribution is 2.21. The first-order valence-corrected chi connectivity index (χ1v) is 4.77. The van der Waals surface area contributed by atoms with Crippen molar-refractivity contribution in [3.05, 3.63) is 54.4 Å². The Hall–Kier alpha value is -2.03. The van der Waals surface area contributed by atoms with E-state index in [1.54, 1.807) is 24.5 Å². The molecule has 0 saturated carbocycles. The van der Waals surface area contributed by atoms with E-state index in [2.05, 4.69) is 10.3 Å². The average Bonchev–Trinajstić information content (AvgIpc) is 2.29. The second-order valence-electron chi connectivity index (χ2n) is 3.23. The Balaban J connectivity index is 2.03. The van der Waals surface area contributed by atoms with E-state index in [9.17, 15) is 5.11 Å². The topological polar surface area (TPSA) is 45.1 Å². The minimum absolute atomic E-state index is 0.265. The molecule has 3 nitrogen and oxygen atoms in total. The van der Waals surface area contributed by atoms with Crippen molar-refractivity contribution in [2.24, 2.45) is 0 Å². The van der Waals surface area contributed by atoms with E-state index in [1.807, 2.05) is 24.3 Å². The van der Waals surface area contributed by atoms with Crippen LogP contribution in [0.3, 0.4) is 0 Å². The van der Waals surface area contributed by atoms with Crippen molar-refractivity contribution in [1.82, 2.24) is 4.98 Å². The molecule has 0 aliphatic rings. The molecular formula is C12H12N2O. The van der Waals surface area contributed by atoms with E-state index in [0.717, 1.165) is 11.3 Å². The first-order chi connectivity index (χ1) is 7.36. The molecule has 0 spiro atoms. The zero-order valence-electron chi connectivity index (χ0n) is 8.22. The van der Waals surface area contributed by atoms with Gasteiger partial charge in [0.05, 0.1) is 5.69 Å². The molecule has 1 aromatic heterocycles. The molecule has 15 heavy (non-hydrogen) atoms. The number of rotatable bonds is 3. The Morgan fingerprint density at radius 3 is 2.73 bits per heavy atom. The lowest BCUT2D eigenvalue weighted by molar-refractivity contribution is 0.477. The van der Waals surface area contributed by atoms with Gasteiger partial charge in [-0.2, -0.15) is 0 Å². The summed E-state index contributed by atoms with van der Waals surface area (Å²) in [6.07, 6.45) is 3.54. The average molecular weight is 200 g/mol. The van der Waals surface area contributed by atoms with Crippen LogP contribution in [0.1, 0.15) is 5.56 Å². The molecule has 2 aromatic rings. The fraction of sp³-hybridized carbons (Fsp3) is 0.0833. The molecule has 0 bridgehead atoms. The standard InChI is InChI=1S/C12H12N2O/c15-12-6-2-1-5-11(12)14-9-10-4-3-7-13-8-10/h1-8,14-15H,9H2. The van der Waals surface area contributed by atoms with Crippen molar-refractivity contribution >= 4 is 5.69 Å². The quantitative estimate of drug-likeness (QED) is 0.748. The molecule has 2 rings (SSSR count). The number of pyridine rings is 1. The summed E-state index contributed by atoms with van der Waals surface area (Å²) in [5.74, 6) is 0.265. The van der Waals surface area contributed by atoms with E-state index in [4.69, 9.17) is 0 Å². The van der Waals surface area contributed by atoms with Crippen LogP contribution in [-0.2, 0) is 6.54 Å². The summed E-state index contributed by atoms with van der Waals surface area (Å²) in [7, 11) is 0. The van der Waals surface area contributed by atoms with Gasteiger partial charge in [0.2, 0.25) is 0 Å². The summed E-state index contributed by atoms with van der Waals surface area (Å²) in [5, 5.41) is 12.6. The van der Waals surface area contributed by atoms with E-state index >= 15 is 0 Å². The number of para-hydroxylation sites is 2. The molecule has 0 aliphatic carbocycles. The van der Waals surface area contributed by atoms with Crippen LogP contribution in [0.2, 0.25) is 0 Å². The van der Waals surface area contributed by atoms with Crippen LogP contribution in [0, 0.1) is 0 Å². The molecule has 2 N–H and O–H groups in total. The zero-order valence-corrected chi connectivity index (χ0v) is 8.22. The van der Waals surface area contributed by atoms with Crippen LogP contribution >= 0.6 is 0 Å². The third-order valence-electron chi connectivity index (χ3n) is 2.11.